The molecule has 0 aliphatic carbocycles. The maximum Gasteiger partial charge on any atom is 0.316 e. The highest BCUT2D eigenvalue weighted by Crippen LogP contribution is 2.26. The summed E-state index contributed by atoms with van der Waals surface area (Å²) in [6.45, 7) is 6.96. The lowest BCUT2D eigenvalue weighted by Gasteiger charge is -2.15. The van der Waals surface area contributed by atoms with E-state index in [2.05, 4.69) is 31.3 Å². The monoisotopic (exact) mass is 267 g/mol. The Morgan fingerprint density at radius 2 is 2.17 bits per heavy atom. The SMILES string of the molecule is CCCNC(C)c1cccc(SC(C)C(=O)O)c1. The molecular formula is C14H21NO2S. The predicted molar refractivity (Wildman–Crippen MR) is 76.1 cm³/mol. The van der Waals surface area contributed by atoms with Gasteiger partial charge in [0.05, 0.1) is 0 Å². The molecule has 1 rings (SSSR count). The van der Waals surface area contributed by atoms with Crippen LogP contribution in [-0.2, 0) is 4.79 Å². The first-order valence-electron chi connectivity index (χ1n) is 6.27. The van der Waals surface area contributed by atoms with Crippen molar-refractivity contribution in [3.05, 3.63) is 29.8 Å². The van der Waals surface area contributed by atoms with Crippen LogP contribution in [0.3, 0.4) is 0 Å². The van der Waals surface area contributed by atoms with E-state index >= 15 is 0 Å². The van der Waals surface area contributed by atoms with Gasteiger partial charge in [0, 0.05) is 10.9 Å². The molecule has 0 aliphatic heterocycles. The number of aliphatic carboxylic acids is 1. The van der Waals surface area contributed by atoms with Crippen molar-refractivity contribution in [2.24, 2.45) is 0 Å². The summed E-state index contributed by atoms with van der Waals surface area (Å²) >= 11 is 1.38. The number of thioether (sulfide) groups is 1. The van der Waals surface area contributed by atoms with Crippen LogP contribution < -0.4 is 5.32 Å². The van der Waals surface area contributed by atoms with Crippen LogP contribution in [0.25, 0.3) is 0 Å². The van der Waals surface area contributed by atoms with Gasteiger partial charge in [-0.2, -0.15) is 0 Å². The molecule has 0 heterocycles. The van der Waals surface area contributed by atoms with E-state index in [4.69, 9.17) is 5.11 Å². The van der Waals surface area contributed by atoms with Crippen LogP contribution in [0.5, 0.6) is 0 Å². The fourth-order valence-electron chi connectivity index (χ4n) is 1.59. The van der Waals surface area contributed by atoms with E-state index < -0.39 is 11.2 Å². The number of hydrogen-bond acceptors (Lipinski definition) is 3. The molecule has 0 bridgehead atoms. The number of carboxylic acid groups (broad SMARTS) is 1. The minimum atomic E-state index is -0.775. The summed E-state index contributed by atoms with van der Waals surface area (Å²) in [5.74, 6) is -0.775. The predicted octanol–water partition coefficient (Wildman–Crippen LogP) is 3.31. The van der Waals surface area contributed by atoms with Crippen molar-refractivity contribution in [3.63, 3.8) is 0 Å². The van der Waals surface area contributed by atoms with Crippen molar-refractivity contribution in [2.75, 3.05) is 6.54 Å². The van der Waals surface area contributed by atoms with E-state index in [0.29, 0.717) is 6.04 Å². The summed E-state index contributed by atoms with van der Waals surface area (Å²) in [4.78, 5) is 11.8. The molecule has 1 aromatic rings. The van der Waals surface area contributed by atoms with Crippen LogP contribution in [0.15, 0.2) is 29.2 Å². The fraction of sp³-hybridized carbons (Fsp3) is 0.500. The number of hydrogen-bond donors (Lipinski definition) is 2. The minimum absolute atomic E-state index is 0.297. The molecule has 0 spiro atoms. The summed E-state index contributed by atoms with van der Waals surface area (Å²) < 4.78 is 0. The van der Waals surface area contributed by atoms with Crippen molar-refractivity contribution >= 4 is 17.7 Å². The molecule has 4 heteroatoms. The lowest BCUT2D eigenvalue weighted by atomic mass is 10.1. The summed E-state index contributed by atoms with van der Waals surface area (Å²) in [5.41, 5.74) is 1.20. The topological polar surface area (TPSA) is 49.3 Å². The van der Waals surface area contributed by atoms with Crippen LogP contribution in [-0.4, -0.2) is 22.9 Å². The highest BCUT2D eigenvalue weighted by Gasteiger charge is 2.13. The third-order valence-corrected chi connectivity index (χ3v) is 3.80. The van der Waals surface area contributed by atoms with E-state index in [9.17, 15) is 4.79 Å². The van der Waals surface area contributed by atoms with E-state index in [-0.39, 0.29) is 0 Å². The maximum atomic E-state index is 10.8. The fourth-order valence-corrected chi connectivity index (χ4v) is 2.46. The number of carbonyl (C=O) groups is 1. The van der Waals surface area contributed by atoms with E-state index in [1.165, 1.54) is 17.3 Å². The van der Waals surface area contributed by atoms with Gasteiger partial charge in [0.2, 0.25) is 0 Å². The van der Waals surface area contributed by atoms with Gasteiger partial charge in [-0.05, 0) is 44.5 Å². The van der Waals surface area contributed by atoms with Gasteiger partial charge in [-0.1, -0.05) is 19.1 Å². The summed E-state index contributed by atoms with van der Waals surface area (Å²) in [6, 6.07) is 8.38. The van der Waals surface area contributed by atoms with Crippen LogP contribution in [0, 0.1) is 0 Å². The van der Waals surface area contributed by atoms with Crippen LogP contribution >= 0.6 is 11.8 Å². The van der Waals surface area contributed by atoms with Gasteiger partial charge in [-0.3, -0.25) is 4.79 Å². The first-order valence-corrected chi connectivity index (χ1v) is 7.15. The number of rotatable bonds is 7. The Hall–Kier alpha value is -1.00. The lowest BCUT2D eigenvalue weighted by Crippen LogP contribution is -2.19. The van der Waals surface area contributed by atoms with Gasteiger partial charge in [0.1, 0.15) is 5.25 Å². The van der Waals surface area contributed by atoms with Crippen LogP contribution in [0.4, 0.5) is 0 Å². The number of benzene rings is 1. The zero-order valence-electron chi connectivity index (χ0n) is 11.1. The largest absolute Gasteiger partial charge is 0.480 e. The van der Waals surface area contributed by atoms with Crippen molar-refractivity contribution in [1.29, 1.82) is 0 Å². The van der Waals surface area contributed by atoms with Gasteiger partial charge < -0.3 is 10.4 Å². The van der Waals surface area contributed by atoms with Gasteiger partial charge >= 0.3 is 5.97 Å². The summed E-state index contributed by atoms with van der Waals surface area (Å²) in [7, 11) is 0. The second-order valence-electron chi connectivity index (χ2n) is 4.35. The Morgan fingerprint density at radius 1 is 1.44 bits per heavy atom. The molecule has 0 aromatic heterocycles. The minimum Gasteiger partial charge on any atom is -0.480 e. The Kier molecular flexibility index (Phi) is 6.22. The second kappa shape index (κ2) is 7.44. The van der Waals surface area contributed by atoms with Gasteiger partial charge in [-0.15, -0.1) is 11.8 Å². The van der Waals surface area contributed by atoms with Crippen LogP contribution in [0.1, 0.15) is 38.8 Å². The van der Waals surface area contributed by atoms with Gasteiger partial charge in [-0.25, -0.2) is 0 Å². The molecule has 0 fully saturated rings. The van der Waals surface area contributed by atoms with Crippen molar-refractivity contribution in [3.8, 4) is 0 Å². The third-order valence-electron chi connectivity index (χ3n) is 2.72. The molecule has 0 amide bonds. The highest BCUT2D eigenvalue weighted by molar-refractivity contribution is 8.00. The standard InChI is InChI=1S/C14H21NO2S/c1-4-8-15-10(2)12-6-5-7-13(9-12)18-11(3)14(16)17/h5-7,9-11,15H,4,8H2,1-3H3,(H,16,17). The smallest absolute Gasteiger partial charge is 0.316 e. The molecule has 2 N–H and O–H groups in total. The van der Waals surface area contributed by atoms with Gasteiger partial charge in [0.25, 0.3) is 0 Å². The summed E-state index contributed by atoms with van der Waals surface area (Å²) in [5, 5.41) is 11.9. The molecular weight excluding hydrogens is 246 g/mol. The Labute approximate surface area is 113 Å². The van der Waals surface area contributed by atoms with E-state index in [1.807, 2.05) is 12.1 Å². The second-order valence-corrected chi connectivity index (χ2v) is 5.76. The first-order chi connectivity index (χ1) is 8.54. The molecule has 2 unspecified atom stereocenters. The highest BCUT2D eigenvalue weighted by atomic mass is 32.2. The molecule has 0 aliphatic rings. The quantitative estimate of drug-likeness (QED) is 0.744. The third kappa shape index (κ3) is 4.70. The Balaban J connectivity index is 2.69. The van der Waals surface area contributed by atoms with Crippen molar-refractivity contribution in [2.45, 2.75) is 43.4 Å². The molecule has 3 nitrogen and oxygen atoms in total. The lowest BCUT2D eigenvalue weighted by molar-refractivity contribution is -0.136. The zero-order chi connectivity index (χ0) is 13.5. The number of nitrogens with one attached hydrogen (secondary N) is 1. The molecule has 1 aromatic carbocycles. The van der Waals surface area contributed by atoms with Crippen molar-refractivity contribution < 1.29 is 9.90 Å². The summed E-state index contributed by atoms with van der Waals surface area (Å²) in [6.07, 6.45) is 1.11. The first kappa shape index (κ1) is 15.1. The van der Waals surface area contributed by atoms with E-state index in [1.54, 1.807) is 6.92 Å². The van der Waals surface area contributed by atoms with Gasteiger partial charge in [0.15, 0.2) is 0 Å². The average Bonchev–Trinajstić information content (AvgIpc) is 2.36. The normalized spacial score (nSPS) is 14.2. The Morgan fingerprint density at radius 3 is 2.78 bits per heavy atom. The molecule has 0 saturated carbocycles. The molecule has 100 valence electrons. The maximum absolute atomic E-state index is 10.8. The van der Waals surface area contributed by atoms with Crippen molar-refractivity contribution in [1.82, 2.24) is 5.32 Å². The average molecular weight is 267 g/mol. The zero-order valence-corrected chi connectivity index (χ0v) is 12.0. The molecule has 2 atom stereocenters. The van der Waals surface area contributed by atoms with E-state index in [0.717, 1.165) is 17.9 Å². The molecule has 0 radical (unpaired) electrons. The number of carboxylic acids is 1. The molecule has 18 heavy (non-hydrogen) atoms. The van der Waals surface area contributed by atoms with Crippen LogP contribution in [0.2, 0.25) is 0 Å². The molecule has 0 saturated heterocycles. The Bertz CT molecular complexity index is 395.